The molecule has 0 saturated heterocycles. The van der Waals surface area contributed by atoms with E-state index in [-0.39, 0.29) is 11.6 Å². The van der Waals surface area contributed by atoms with E-state index in [1.165, 1.54) is 6.07 Å². The van der Waals surface area contributed by atoms with E-state index in [0.717, 1.165) is 13.2 Å². The van der Waals surface area contributed by atoms with Gasteiger partial charge in [0.15, 0.2) is 0 Å². The average molecular weight is 269 g/mol. The van der Waals surface area contributed by atoms with Crippen molar-refractivity contribution in [2.45, 2.75) is 19.0 Å². The Kier molecular flexibility index (Phi) is 4.27. The maximum atomic E-state index is 12.8. The molecule has 1 aromatic carbocycles. The minimum absolute atomic E-state index is 0.113. The van der Waals surface area contributed by atoms with Crippen LogP contribution in [0.4, 0.5) is 13.2 Å². The summed E-state index contributed by atoms with van der Waals surface area (Å²) in [4.78, 5) is 0. The van der Waals surface area contributed by atoms with E-state index >= 15 is 0 Å². The van der Waals surface area contributed by atoms with E-state index in [4.69, 9.17) is 16.7 Å². The molecule has 0 amide bonds. The van der Waals surface area contributed by atoms with Gasteiger partial charge in [0.2, 0.25) is 0 Å². The minimum atomic E-state index is -4.54. The third-order valence-electron chi connectivity index (χ3n) is 2.42. The number of benzene rings is 1. The molecule has 6 heteroatoms. The van der Waals surface area contributed by atoms with Crippen molar-refractivity contribution in [3.8, 4) is 5.75 Å². The summed E-state index contributed by atoms with van der Waals surface area (Å²) in [5.74, 6) is -0.812. The maximum Gasteiger partial charge on any atom is 0.420 e. The summed E-state index contributed by atoms with van der Waals surface area (Å²) < 4.78 is 42.9. The minimum Gasteiger partial charge on any atom is -0.495 e. The SMILES string of the molecule is COc1c(Cl)cc(C(C)CO)cc1C(F)(F)F. The number of hydrogen-bond donors (Lipinski definition) is 1. The molecule has 0 heterocycles. The molecular formula is C11H12ClF3O2. The number of ether oxygens (including phenoxy) is 1. The molecule has 1 N–H and O–H groups in total. The van der Waals surface area contributed by atoms with Gasteiger partial charge in [0.05, 0.1) is 17.7 Å². The van der Waals surface area contributed by atoms with E-state index in [1.54, 1.807) is 6.92 Å². The summed E-state index contributed by atoms with van der Waals surface area (Å²) in [5.41, 5.74) is -0.603. The molecule has 17 heavy (non-hydrogen) atoms. The summed E-state index contributed by atoms with van der Waals surface area (Å²) in [6.07, 6.45) is -4.54. The summed E-state index contributed by atoms with van der Waals surface area (Å²) in [6.45, 7) is 1.36. The highest BCUT2D eigenvalue weighted by molar-refractivity contribution is 6.32. The molecule has 0 radical (unpaired) electrons. The topological polar surface area (TPSA) is 29.5 Å². The highest BCUT2D eigenvalue weighted by atomic mass is 35.5. The molecule has 1 atom stereocenters. The average Bonchev–Trinajstić information content (AvgIpc) is 2.25. The van der Waals surface area contributed by atoms with Crippen LogP contribution in [0, 0.1) is 0 Å². The van der Waals surface area contributed by atoms with Crippen LogP contribution in [0.3, 0.4) is 0 Å². The van der Waals surface area contributed by atoms with Gasteiger partial charge in [-0.2, -0.15) is 13.2 Å². The number of alkyl halides is 3. The third-order valence-corrected chi connectivity index (χ3v) is 2.70. The van der Waals surface area contributed by atoms with Crippen molar-refractivity contribution < 1.29 is 23.0 Å². The van der Waals surface area contributed by atoms with Crippen LogP contribution in [0.2, 0.25) is 5.02 Å². The predicted molar refractivity (Wildman–Crippen MR) is 58.5 cm³/mol. The molecule has 96 valence electrons. The van der Waals surface area contributed by atoms with E-state index in [9.17, 15) is 13.2 Å². The van der Waals surface area contributed by atoms with Crippen LogP contribution >= 0.6 is 11.6 Å². The van der Waals surface area contributed by atoms with Crippen LogP contribution in [0.15, 0.2) is 12.1 Å². The first kappa shape index (κ1) is 14.1. The lowest BCUT2D eigenvalue weighted by molar-refractivity contribution is -0.138. The van der Waals surface area contributed by atoms with Crippen molar-refractivity contribution in [1.29, 1.82) is 0 Å². The highest BCUT2D eigenvalue weighted by Gasteiger charge is 2.36. The van der Waals surface area contributed by atoms with Crippen molar-refractivity contribution in [2.75, 3.05) is 13.7 Å². The first-order chi connectivity index (χ1) is 7.81. The Morgan fingerprint density at radius 2 is 2.00 bits per heavy atom. The van der Waals surface area contributed by atoms with Gasteiger partial charge >= 0.3 is 6.18 Å². The first-order valence-electron chi connectivity index (χ1n) is 4.86. The Balaban J connectivity index is 3.39. The van der Waals surface area contributed by atoms with Gasteiger partial charge in [0, 0.05) is 12.5 Å². The standard InChI is InChI=1S/C11H12ClF3O2/c1-6(5-16)7-3-8(11(13,14)15)10(17-2)9(12)4-7/h3-4,6,16H,5H2,1-2H3. The van der Waals surface area contributed by atoms with Crippen LogP contribution in [0.5, 0.6) is 5.75 Å². The quantitative estimate of drug-likeness (QED) is 0.910. The lowest BCUT2D eigenvalue weighted by Gasteiger charge is -2.17. The number of halogens is 4. The second-order valence-corrected chi connectivity index (χ2v) is 4.07. The summed E-state index contributed by atoms with van der Waals surface area (Å²) in [6, 6.07) is 2.32. The van der Waals surface area contributed by atoms with Gasteiger partial charge in [-0.15, -0.1) is 0 Å². The van der Waals surface area contributed by atoms with Crippen molar-refractivity contribution >= 4 is 11.6 Å². The Morgan fingerprint density at radius 1 is 1.41 bits per heavy atom. The molecule has 0 fully saturated rings. The van der Waals surface area contributed by atoms with Gasteiger partial charge < -0.3 is 9.84 Å². The fourth-order valence-electron chi connectivity index (χ4n) is 1.42. The lowest BCUT2D eigenvalue weighted by atomic mass is 9.99. The molecule has 1 unspecified atom stereocenters. The van der Waals surface area contributed by atoms with Crippen molar-refractivity contribution in [3.05, 3.63) is 28.3 Å². The van der Waals surface area contributed by atoms with Crippen LogP contribution < -0.4 is 4.74 Å². The summed E-state index contributed by atoms with van der Waals surface area (Å²) in [5, 5.41) is 8.83. The Hall–Kier alpha value is -0.940. The Bertz CT molecular complexity index is 404. The van der Waals surface area contributed by atoms with Crippen LogP contribution in [0.1, 0.15) is 24.0 Å². The molecule has 0 aliphatic rings. The molecule has 0 saturated carbocycles. The van der Waals surface area contributed by atoms with E-state index < -0.39 is 23.4 Å². The van der Waals surface area contributed by atoms with E-state index in [0.29, 0.717) is 5.56 Å². The van der Waals surface area contributed by atoms with Gasteiger partial charge in [-0.1, -0.05) is 18.5 Å². The Morgan fingerprint density at radius 3 is 2.41 bits per heavy atom. The molecule has 0 aliphatic carbocycles. The fraction of sp³-hybridized carbons (Fsp3) is 0.455. The number of rotatable bonds is 3. The maximum absolute atomic E-state index is 12.8. The van der Waals surface area contributed by atoms with Crippen molar-refractivity contribution in [1.82, 2.24) is 0 Å². The number of aliphatic hydroxyl groups excluding tert-OH is 1. The molecule has 0 aromatic heterocycles. The zero-order chi connectivity index (χ0) is 13.2. The fourth-order valence-corrected chi connectivity index (χ4v) is 1.73. The van der Waals surface area contributed by atoms with Crippen LogP contribution in [-0.4, -0.2) is 18.8 Å². The lowest BCUT2D eigenvalue weighted by Crippen LogP contribution is -2.10. The van der Waals surface area contributed by atoms with Gasteiger partial charge in [0.25, 0.3) is 0 Å². The molecule has 1 aromatic rings. The smallest absolute Gasteiger partial charge is 0.420 e. The van der Waals surface area contributed by atoms with E-state index in [2.05, 4.69) is 4.74 Å². The van der Waals surface area contributed by atoms with Gasteiger partial charge in [-0.05, 0) is 17.7 Å². The predicted octanol–water partition coefficient (Wildman–Crippen LogP) is 3.46. The van der Waals surface area contributed by atoms with Gasteiger partial charge in [0.1, 0.15) is 5.75 Å². The number of hydrogen-bond acceptors (Lipinski definition) is 2. The molecule has 0 spiro atoms. The molecule has 1 rings (SSSR count). The van der Waals surface area contributed by atoms with Gasteiger partial charge in [-0.3, -0.25) is 0 Å². The van der Waals surface area contributed by atoms with Crippen LogP contribution in [-0.2, 0) is 6.18 Å². The normalized spacial score (nSPS) is 13.6. The highest BCUT2D eigenvalue weighted by Crippen LogP contribution is 2.42. The molecule has 0 aliphatic heterocycles. The van der Waals surface area contributed by atoms with Crippen molar-refractivity contribution in [2.24, 2.45) is 0 Å². The van der Waals surface area contributed by atoms with E-state index in [1.807, 2.05) is 0 Å². The molecule has 2 nitrogen and oxygen atoms in total. The zero-order valence-electron chi connectivity index (χ0n) is 9.31. The van der Waals surface area contributed by atoms with Gasteiger partial charge in [-0.25, -0.2) is 0 Å². The third kappa shape index (κ3) is 3.04. The molecule has 0 bridgehead atoms. The Labute approximate surface area is 102 Å². The second-order valence-electron chi connectivity index (χ2n) is 3.66. The number of aliphatic hydroxyl groups is 1. The monoisotopic (exact) mass is 268 g/mol. The summed E-state index contributed by atoms with van der Waals surface area (Å²) in [7, 11) is 1.13. The van der Waals surface area contributed by atoms with Crippen molar-refractivity contribution in [3.63, 3.8) is 0 Å². The second kappa shape index (κ2) is 5.14. The van der Waals surface area contributed by atoms with Crippen LogP contribution in [0.25, 0.3) is 0 Å². The molecular weight excluding hydrogens is 257 g/mol. The zero-order valence-corrected chi connectivity index (χ0v) is 10.1. The first-order valence-corrected chi connectivity index (χ1v) is 5.24. The summed E-state index contributed by atoms with van der Waals surface area (Å²) >= 11 is 5.74. The number of methoxy groups -OCH3 is 1. The largest absolute Gasteiger partial charge is 0.495 e.